The lowest BCUT2D eigenvalue weighted by atomic mass is 9.72. The van der Waals surface area contributed by atoms with Crippen LogP contribution >= 0.6 is 0 Å². The summed E-state index contributed by atoms with van der Waals surface area (Å²) >= 11 is 0. The van der Waals surface area contributed by atoms with Crippen LogP contribution in [-0.4, -0.2) is 33.7 Å². The van der Waals surface area contributed by atoms with Gasteiger partial charge in [0.1, 0.15) is 11.6 Å². The minimum absolute atomic E-state index is 0.0747. The third-order valence-corrected chi connectivity index (χ3v) is 9.05. The predicted octanol–water partition coefficient (Wildman–Crippen LogP) is 7.08. The van der Waals surface area contributed by atoms with Gasteiger partial charge < -0.3 is 10.2 Å². The lowest BCUT2D eigenvalue weighted by molar-refractivity contribution is -0.148. The standard InChI is InChI=1S/C30H50O6/c1-29(2,27(33)34)19-7-5-11-21-13-9-15-23(25(21)31)17-18-24-16-10-14-22(26(24)32)12-6-8-20-30(3,4)28(35)36/h21-24H,5-20H2,1-4H3,(H,33,34)(H,35,36). The molecule has 2 aliphatic carbocycles. The van der Waals surface area contributed by atoms with Gasteiger partial charge in [0, 0.05) is 23.7 Å². The van der Waals surface area contributed by atoms with E-state index in [2.05, 4.69) is 0 Å². The fraction of sp³-hybridized carbons (Fsp3) is 0.867. The van der Waals surface area contributed by atoms with Crippen molar-refractivity contribution < 1.29 is 29.4 Å². The van der Waals surface area contributed by atoms with Crippen molar-refractivity contribution in [1.82, 2.24) is 0 Å². The number of carbonyl (C=O) groups excluding carboxylic acids is 2. The third-order valence-electron chi connectivity index (χ3n) is 9.05. The van der Waals surface area contributed by atoms with E-state index in [9.17, 15) is 29.4 Å². The Bertz CT molecular complexity index is 703. The van der Waals surface area contributed by atoms with Gasteiger partial charge in [0.05, 0.1) is 10.8 Å². The maximum absolute atomic E-state index is 13.1. The zero-order chi connectivity index (χ0) is 26.9. The summed E-state index contributed by atoms with van der Waals surface area (Å²) in [5.41, 5.74) is -1.42. The van der Waals surface area contributed by atoms with Crippen LogP contribution in [-0.2, 0) is 19.2 Å². The zero-order valence-electron chi connectivity index (χ0n) is 23.2. The first kappa shape index (κ1) is 30.5. The second-order valence-corrected chi connectivity index (χ2v) is 12.9. The predicted molar refractivity (Wildman–Crippen MR) is 141 cm³/mol. The van der Waals surface area contributed by atoms with Crippen LogP contribution in [0, 0.1) is 34.5 Å². The number of hydrogen-bond acceptors (Lipinski definition) is 4. The normalized spacial score (nSPS) is 25.7. The van der Waals surface area contributed by atoms with Crippen LogP contribution in [0.1, 0.15) is 130 Å². The quantitative estimate of drug-likeness (QED) is 0.230. The van der Waals surface area contributed by atoms with E-state index in [1.54, 1.807) is 27.7 Å². The summed E-state index contributed by atoms with van der Waals surface area (Å²) in [5, 5.41) is 18.5. The number of Topliss-reactive ketones (excluding diaryl/α,β-unsaturated/α-hetero) is 2. The van der Waals surface area contributed by atoms with E-state index in [0.29, 0.717) is 24.4 Å². The maximum Gasteiger partial charge on any atom is 0.309 e. The number of carbonyl (C=O) groups is 4. The van der Waals surface area contributed by atoms with Crippen molar-refractivity contribution in [3.8, 4) is 0 Å². The topological polar surface area (TPSA) is 109 Å². The zero-order valence-corrected chi connectivity index (χ0v) is 23.2. The van der Waals surface area contributed by atoms with Crippen LogP contribution in [0.25, 0.3) is 0 Å². The lowest BCUT2D eigenvalue weighted by Gasteiger charge is -2.31. The summed E-state index contributed by atoms with van der Waals surface area (Å²) in [4.78, 5) is 48.8. The molecule has 0 saturated heterocycles. The number of unbranched alkanes of at least 4 members (excludes halogenated alkanes) is 2. The number of carboxylic acid groups (broad SMARTS) is 2. The molecule has 0 aromatic rings. The lowest BCUT2D eigenvalue weighted by Crippen LogP contribution is -2.32. The molecule has 0 radical (unpaired) electrons. The van der Waals surface area contributed by atoms with E-state index >= 15 is 0 Å². The van der Waals surface area contributed by atoms with Gasteiger partial charge in [-0.15, -0.1) is 0 Å². The Morgan fingerprint density at radius 2 is 0.917 bits per heavy atom. The molecule has 4 unspecified atom stereocenters. The van der Waals surface area contributed by atoms with Crippen LogP contribution in [0.4, 0.5) is 0 Å². The molecule has 0 heterocycles. The smallest absolute Gasteiger partial charge is 0.309 e. The average Bonchev–Trinajstić information content (AvgIpc) is 2.81. The highest BCUT2D eigenvalue weighted by Crippen LogP contribution is 2.37. The first-order valence-corrected chi connectivity index (χ1v) is 14.4. The first-order valence-electron chi connectivity index (χ1n) is 14.4. The summed E-state index contributed by atoms with van der Waals surface area (Å²) in [6.45, 7) is 7.03. The minimum atomic E-state index is -0.766. The van der Waals surface area contributed by atoms with Gasteiger partial charge in [0.2, 0.25) is 0 Å². The van der Waals surface area contributed by atoms with E-state index in [4.69, 9.17) is 0 Å². The number of ketones is 2. The molecule has 0 bridgehead atoms. The Morgan fingerprint density at radius 1 is 0.611 bits per heavy atom. The average molecular weight is 507 g/mol. The van der Waals surface area contributed by atoms with Gasteiger partial charge >= 0.3 is 11.9 Å². The molecule has 2 fully saturated rings. The van der Waals surface area contributed by atoms with Crippen LogP contribution in [0.3, 0.4) is 0 Å². The van der Waals surface area contributed by atoms with Crippen molar-refractivity contribution in [1.29, 1.82) is 0 Å². The van der Waals surface area contributed by atoms with E-state index < -0.39 is 22.8 Å². The van der Waals surface area contributed by atoms with Gasteiger partial charge in [0.25, 0.3) is 0 Å². The van der Waals surface area contributed by atoms with Crippen molar-refractivity contribution in [2.45, 2.75) is 130 Å². The highest BCUT2D eigenvalue weighted by atomic mass is 16.4. The Balaban J connectivity index is 1.74. The van der Waals surface area contributed by atoms with Crippen LogP contribution < -0.4 is 0 Å². The highest BCUT2D eigenvalue weighted by Gasteiger charge is 2.35. The van der Waals surface area contributed by atoms with E-state index in [1.807, 2.05) is 0 Å². The number of rotatable bonds is 15. The first-order chi connectivity index (χ1) is 16.8. The number of carboxylic acids is 2. The van der Waals surface area contributed by atoms with Crippen molar-refractivity contribution in [2.75, 3.05) is 0 Å². The van der Waals surface area contributed by atoms with Crippen LogP contribution in [0.5, 0.6) is 0 Å². The largest absolute Gasteiger partial charge is 0.481 e. The molecule has 2 saturated carbocycles. The second-order valence-electron chi connectivity index (χ2n) is 12.9. The molecule has 2 rings (SSSR count). The fourth-order valence-corrected chi connectivity index (χ4v) is 6.13. The molecule has 2 aliphatic rings. The van der Waals surface area contributed by atoms with Crippen molar-refractivity contribution in [3.63, 3.8) is 0 Å². The van der Waals surface area contributed by atoms with Crippen molar-refractivity contribution in [3.05, 3.63) is 0 Å². The summed E-state index contributed by atoms with van der Waals surface area (Å²) in [6, 6.07) is 0. The van der Waals surface area contributed by atoms with Gasteiger partial charge in [-0.25, -0.2) is 0 Å². The summed E-state index contributed by atoms with van der Waals surface area (Å²) in [7, 11) is 0. The highest BCUT2D eigenvalue weighted by molar-refractivity contribution is 5.85. The molecule has 0 aliphatic heterocycles. The molecule has 36 heavy (non-hydrogen) atoms. The molecule has 0 amide bonds. The van der Waals surface area contributed by atoms with Crippen LogP contribution in [0.15, 0.2) is 0 Å². The summed E-state index contributed by atoms with van der Waals surface area (Å²) in [6.07, 6.45) is 14.0. The minimum Gasteiger partial charge on any atom is -0.481 e. The molecule has 0 aromatic heterocycles. The number of hydrogen-bond donors (Lipinski definition) is 2. The van der Waals surface area contributed by atoms with Gasteiger partial charge in [0.15, 0.2) is 0 Å². The Kier molecular flexibility index (Phi) is 11.6. The molecule has 6 nitrogen and oxygen atoms in total. The molecule has 0 aromatic carbocycles. The summed E-state index contributed by atoms with van der Waals surface area (Å²) < 4.78 is 0. The molecular formula is C30H50O6. The second kappa shape index (κ2) is 13.7. The van der Waals surface area contributed by atoms with Crippen molar-refractivity contribution in [2.24, 2.45) is 34.5 Å². The van der Waals surface area contributed by atoms with Gasteiger partial charge in [-0.2, -0.15) is 0 Å². The molecule has 4 atom stereocenters. The van der Waals surface area contributed by atoms with Gasteiger partial charge in [-0.3, -0.25) is 19.2 Å². The summed E-state index contributed by atoms with van der Waals surface area (Å²) in [5.74, 6) is -0.436. The van der Waals surface area contributed by atoms with Gasteiger partial charge in [-0.05, 0) is 91.9 Å². The molecule has 2 N–H and O–H groups in total. The Hall–Kier alpha value is -1.72. The monoisotopic (exact) mass is 506 g/mol. The molecule has 0 spiro atoms. The van der Waals surface area contributed by atoms with E-state index in [0.717, 1.165) is 89.9 Å². The van der Waals surface area contributed by atoms with E-state index in [1.165, 1.54) is 0 Å². The Morgan fingerprint density at radius 3 is 1.22 bits per heavy atom. The SMILES string of the molecule is CC(C)(CCCCC1CCCC(CCC2CCCC(CCCCC(C)(C)C(=O)O)C2=O)C1=O)C(=O)O. The van der Waals surface area contributed by atoms with Crippen LogP contribution in [0.2, 0.25) is 0 Å². The molecule has 206 valence electrons. The maximum atomic E-state index is 13.1. The Labute approximate surface area is 218 Å². The van der Waals surface area contributed by atoms with Gasteiger partial charge in [-0.1, -0.05) is 38.5 Å². The molecular weight excluding hydrogens is 456 g/mol. The number of aliphatic carboxylic acids is 2. The molecule has 6 heteroatoms. The van der Waals surface area contributed by atoms with Crippen molar-refractivity contribution >= 4 is 23.5 Å². The van der Waals surface area contributed by atoms with E-state index in [-0.39, 0.29) is 23.7 Å². The fourth-order valence-electron chi connectivity index (χ4n) is 6.13. The third kappa shape index (κ3) is 8.99.